The van der Waals surface area contributed by atoms with Gasteiger partial charge in [0.05, 0.1) is 17.4 Å². The van der Waals surface area contributed by atoms with E-state index >= 15 is 0 Å². The summed E-state index contributed by atoms with van der Waals surface area (Å²) in [5, 5.41) is 1.93. The van der Waals surface area contributed by atoms with Gasteiger partial charge in [-0.3, -0.25) is 4.79 Å². The van der Waals surface area contributed by atoms with Crippen LogP contribution in [0.1, 0.15) is 35.4 Å². The fraction of sp³-hybridized carbons (Fsp3) is 0.615. The normalized spacial score (nSPS) is 23.7. The van der Waals surface area contributed by atoms with E-state index in [0.29, 0.717) is 4.88 Å². The number of carbonyl (C=O) groups is 1. The third kappa shape index (κ3) is 2.81. The molecule has 5 heteroatoms. The SMILES string of the molecule is COc1csc(C(=O)N(C)C2CCCCC2Cl)c1. The Morgan fingerprint density at radius 1 is 1.50 bits per heavy atom. The number of rotatable bonds is 3. The molecule has 2 unspecified atom stereocenters. The van der Waals surface area contributed by atoms with Crippen molar-refractivity contribution in [1.82, 2.24) is 4.90 Å². The molecule has 1 aliphatic carbocycles. The van der Waals surface area contributed by atoms with Crippen LogP contribution in [0, 0.1) is 0 Å². The van der Waals surface area contributed by atoms with Crippen molar-refractivity contribution < 1.29 is 9.53 Å². The zero-order chi connectivity index (χ0) is 13.1. The smallest absolute Gasteiger partial charge is 0.264 e. The Bertz CT molecular complexity index is 421. The number of hydrogen-bond acceptors (Lipinski definition) is 3. The first-order valence-electron chi connectivity index (χ1n) is 6.17. The van der Waals surface area contributed by atoms with Crippen LogP contribution in [0.4, 0.5) is 0 Å². The Hall–Kier alpha value is -0.740. The van der Waals surface area contributed by atoms with Crippen molar-refractivity contribution >= 4 is 28.8 Å². The van der Waals surface area contributed by atoms with Gasteiger partial charge < -0.3 is 9.64 Å². The maximum Gasteiger partial charge on any atom is 0.264 e. The number of halogens is 1. The Morgan fingerprint density at radius 3 is 2.83 bits per heavy atom. The Labute approximate surface area is 117 Å². The van der Waals surface area contributed by atoms with Gasteiger partial charge in [0.25, 0.3) is 5.91 Å². The molecule has 2 atom stereocenters. The summed E-state index contributed by atoms with van der Waals surface area (Å²) >= 11 is 7.74. The molecule has 1 amide bonds. The van der Waals surface area contributed by atoms with E-state index in [9.17, 15) is 4.79 Å². The van der Waals surface area contributed by atoms with Gasteiger partial charge in [-0.05, 0) is 12.8 Å². The Morgan fingerprint density at radius 2 is 2.22 bits per heavy atom. The van der Waals surface area contributed by atoms with Gasteiger partial charge in [0.2, 0.25) is 0 Å². The molecule has 0 aliphatic heterocycles. The van der Waals surface area contributed by atoms with E-state index in [0.717, 1.165) is 25.0 Å². The number of thiophene rings is 1. The first kappa shape index (κ1) is 13.7. The average Bonchev–Trinajstić information content (AvgIpc) is 2.86. The molecule has 0 radical (unpaired) electrons. The highest BCUT2D eigenvalue weighted by Crippen LogP contribution is 2.29. The molecule has 1 fully saturated rings. The highest BCUT2D eigenvalue weighted by molar-refractivity contribution is 7.12. The summed E-state index contributed by atoms with van der Waals surface area (Å²) in [7, 11) is 3.45. The van der Waals surface area contributed by atoms with Gasteiger partial charge in [-0.2, -0.15) is 0 Å². The minimum atomic E-state index is 0.0425. The van der Waals surface area contributed by atoms with Crippen LogP contribution in [0.3, 0.4) is 0 Å². The molecule has 0 saturated heterocycles. The lowest BCUT2D eigenvalue weighted by Gasteiger charge is -2.34. The lowest BCUT2D eigenvalue weighted by atomic mass is 9.94. The van der Waals surface area contributed by atoms with Crippen molar-refractivity contribution in [3.63, 3.8) is 0 Å². The highest BCUT2D eigenvalue weighted by Gasteiger charge is 2.30. The first-order chi connectivity index (χ1) is 8.63. The molecular formula is C13H18ClNO2S. The second-order valence-electron chi connectivity index (χ2n) is 4.63. The molecule has 2 rings (SSSR count). The van der Waals surface area contributed by atoms with E-state index in [2.05, 4.69) is 0 Å². The van der Waals surface area contributed by atoms with Crippen LogP contribution in [0.15, 0.2) is 11.4 Å². The van der Waals surface area contributed by atoms with E-state index in [4.69, 9.17) is 16.3 Å². The standard InChI is InChI=1S/C13H18ClNO2S/c1-15(11-6-4-3-5-10(11)14)13(16)12-7-9(17-2)8-18-12/h7-8,10-11H,3-6H2,1-2H3. The van der Waals surface area contributed by atoms with Crippen LogP contribution in [-0.4, -0.2) is 36.4 Å². The van der Waals surface area contributed by atoms with Gasteiger partial charge in [0, 0.05) is 24.5 Å². The van der Waals surface area contributed by atoms with E-state index in [1.165, 1.54) is 17.8 Å². The maximum atomic E-state index is 12.3. The van der Waals surface area contributed by atoms with Gasteiger partial charge in [-0.1, -0.05) is 12.8 Å². The molecule has 1 aliphatic rings. The molecule has 1 saturated carbocycles. The number of ether oxygens (including phenoxy) is 1. The van der Waals surface area contributed by atoms with Gasteiger partial charge in [-0.25, -0.2) is 0 Å². The van der Waals surface area contributed by atoms with Crippen LogP contribution < -0.4 is 4.74 Å². The number of methoxy groups -OCH3 is 1. The highest BCUT2D eigenvalue weighted by atomic mass is 35.5. The molecule has 0 N–H and O–H groups in total. The van der Waals surface area contributed by atoms with Gasteiger partial charge in [0.1, 0.15) is 5.75 Å². The Balaban J connectivity index is 2.07. The third-order valence-electron chi connectivity index (χ3n) is 3.49. The molecule has 1 heterocycles. The number of amides is 1. The van der Waals surface area contributed by atoms with Crippen molar-refractivity contribution in [3.05, 3.63) is 16.3 Å². The lowest BCUT2D eigenvalue weighted by Crippen LogP contribution is -2.44. The number of nitrogens with zero attached hydrogens (tertiary/aromatic N) is 1. The van der Waals surface area contributed by atoms with Crippen LogP contribution in [0.5, 0.6) is 5.75 Å². The molecule has 1 aromatic heterocycles. The molecule has 1 aromatic rings. The molecule has 18 heavy (non-hydrogen) atoms. The third-order valence-corrected chi connectivity index (χ3v) is 4.89. The van der Waals surface area contributed by atoms with E-state index in [1.807, 2.05) is 12.4 Å². The maximum absolute atomic E-state index is 12.3. The first-order valence-corrected chi connectivity index (χ1v) is 7.49. The van der Waals surface area contributed by atoms with Gasteiger partial charge >= 0.3 is 0 Å². The summed E-state index contributed by atoms with van der Waals surface area (Å²) < 4.78 is 5.10. The Kier molecular flexibility index (Phi) is 4.51. The summed E-state index contributed by atoms with van der Waals surface area (Å²) in [5.74, 6) is 0.781. The quantitative estimate of drug-likeness (QED) is 0.798. The monoisotopic (exact) mass is 287 g/mol. The molecule has 0 bridgehead atoms. The summed E-state index contributed by atoms with van der Waals surface area (Å²) in [4.78, 5) is 14.8. The van der Waals surface area contributed by atoms with Crippen molar-refractivity contribution in [2.75, 3.05) is 14.2 Å². The predicted octanol–water partition coefficient (Wildman–Crippen LogP) is 3.38. The molecule has 0 aromatic carbocycles. The second kappa shape index (κ2) is 5.93. The van der Waals surface area contributed by atoms with E-state index < -0.39 is 0 Å². The molecule has 0 spiro atoms. The summed E-state index contributed by atoms with van der Waals surface area (Å²) in [6, 6.07) is 1.94. The lowest BCUT2D eigenvalue weighted by molar-refractivity contribution is 0.0705. The number of hydrogen-bond donors (Lipinski definition) is 0. The van der Waals surface area contributed by atoms with Crippen LogP contribution in [-0.2, 0) is 0 Å². The van der Waals surface area contributed by atoms with Crippen LogP contribution in [0.2, 0.25) is 0 Å². The fourth-order valence-electron chi connectivity index (χ4n) is 2.36. The topological polar surface area (TPSA) is 29.5 Å². The van der Waals surface area contributed by atoms with Crippen molar-refractivity contribution in [1.29, 1.82) is 0 Å². The predicted molar refractivity (Wildman–Crippen MR) is 74.9 cm³/mol. The minimum Gasteiger partial charge on any atom is -0.496 e. The van der Waals surface area contributed by atoms with Crippen molar-refractivity contribution in [3.8, 4) is 5.75 Å². The van der Waals surface area contributed by atoms with Crippen molar-refractivity contribution in [2.24, 2.45) is 0 Å². The van der Waals surface area contributed by atoms with Gasteiger partial charge in [-0.15, -0.1) is 22.9 Å². The van der Waals surface area contributed by atoms with E-state index in [1.54, 1.807) is 18.1 Å². The number of carbonyl (C=O) groups excluding carboxylic acids is 1. The van der Waals surface area contributed by atoms with Crippen LogP contribution >= 0.6 is 22.9 Å². The largest absolute Gasteiger partial charge is 0.496 e. The average molecular weight is 288 g/mol. The van der Waals surface area contributed by atoms with Crippen LogP contribution in [0.25, 0.3) is 0 Å². The fourth-order valence-corrected chi connectivity index (χ4v) is 3.65. The summed E-state index contributed by atoms with van der Waals surface area (Å²) in [6.07, 6.45) is 4.31. The summed E-state index contributed by atoms with van der Waals surface area (Å²) in [6.45, 7) is 0. The van der Waals surface area contributed by atoms with Gasteiger partial charge in [0.15, 0.2) is 0 Å². The van der Waals surface area contributed by atoms with Crippen molar-refractivity contribution in [2.45, 2.75) is 37.1 Å². The second-order valence-corrected chi connectivity index (χ2v) is 6.11. The zero-order valence-corrected chi connectivity index (χ0v) is 12.3. The molecule has 100 valence electrons. The zero-order valence-electron chi connectivity index (χ0n) is 10.7. The molecular weight excluding hydrogens is 270 g/mol. The summed E-state index contributed by atoms with van der Waals surface area (Å²) in [5.41, 5.74) is 0. The number of alkyl halides is 1. The van der Waals surface area contributed by atoms with E-state index in [-0.39, 0.29) is 17.3 Å². The minimum absolute atomic E-state index is 0.0425. The molecule has 3 nitrogen and oxygen atoms in total.